The van der Waals surface area contributed by atoms with Gasteiger partial charge in [0.2, 0.25) is 0 Å². The van der Waals surface area contributed by atoms with E-state index in [9.17, 15) is 0 Å². The molecule has 0 saturated carbocycles. The Kier molecular flexibility index (Phi) is 6.27. The topological polar surface area (TPSA) is 29.9 Å². The lowest BCUT2D eigenvalue weighted by Crippen LogP contribution is -2.21. The maximum atomic E-state index is 4.42. The van der Waals surface area contributed by atoms with Gasteiger partial charge in [0, 0.05) is 19.3 Å². The Balaban J connectivity index is 2.47. The lowest BCUT2D eigenvalue weighted by Gasteiger charge is -2.11. The summed E-state index contributed by atoms with van der Waals surface area (Å²) >= 11 is 0. The van der Waals surface area contributed by atoms with Gasteiger partial charge < -0.3 is 9.88 Å². The van der Waals surface area contributed by atoms with E-state index < -0.39 is 0 Å². The normalized spacial score (nSPS) is 11.4. The van der Waals surface area contributed by atoms with Crippen LogP contribution in [0.1, 0.15) is 51.6 Å². The molecule has 98 valence electrons. The third kappa shape index (κ3) is 4.90. The van der Waals surface area contributed by atoms with Crippen molar-refractivity contribution in [3.63, 3.8) is 0 Å². The van der Waals surface area contributed by atoms with Crippen LogP contribution in [-0.2, 0) is 13.1 Å². The predicted molar refractivity (Wildman–Crippen MR) is 73.0 cm³/mol. The van der Waals surface area contributed by atoms with Crippen molar-refractivity contribution >= 4 is 0 Å². The van der Waals surface area contributed by atoms with Gasteiger partial charge in [-0.3, -0.25) is 0 Å². The highest BCUT2D eigenvalue weighted by Crippen LogP contribution is 2.08. The summed E-state index contributed by atoms with van der Waals surface area (Å²) < 4.78 is 2.35. The van der Waals surface area contributed by atoms with E-state index in [4.69, 9.17) is 0 Å². The lowest BCUT2D eigenvalue weighted by molar-refractivity contribution is 0.520. The number of hydrogen-bond donors (Lipinski definition) is 1. The molecule has 0 saturated heterocycles. The van der Waals surface area contributed by atoms with Gasteiger partial charge in [0.1, 0.15) is 5.82 Å². The van der Waals surface area contributed by atoms with Crippen LogP contribution >= 0.6 is 0 Å². The second kappa shape index (κ2) is 7.49. The Bertz CT molecular complexity index is 315. The molecule has 1 aromatic rings. The number of aryl methyl sites for hydroxylation is 1. The SMILES string of the molecule is CCCCCn1c(CNCC(C)C)cnc1C. The molecule has 0 aromatic carbocycles. The molecule has 0 unspecified atom stereocenters. The third-order valence-electron chi connectivity index (χ3n) is 2.98. The quantitative estimate of drug-likeness (QED) is 0.704. The largest absolute Gasteiger partial charge is 0.331 e. The monoisotopic (exact) mass is 237 g/mol. The van der Waals surface area contributed by atoms with Crippen LogP contribution in [-0.4, -0.2) is 16.1 Å². The molecule has 17 heavy (non-hydrogen) atoms. The number of imidazole rings is 1. The molecule has 0 spiro atoms. The van der Waals surface area contributed by atoms with Crippen molar-refractivity contribution in [2.24, 2.45) is 5.92 Å². The zero-order chi connectivity index (χ0) is 12.7. The fourth-order valence-electron chi connectivity index (χ4n) is 1.97. The minimum absolute atomic E-state index is 0.701. The molecule has 0 bridgehead atoms. The number of nitrogens with zero attached hydrogens (tertiary/aromatic N) is 2. The first-order chi connectivity index (χ1) is 8.15. The highest BCUT2D eigenvalue weighted by Gasteiger charge is 2.05. The van der Waals surface area contributed by atoms with E-state index in [1.165, 1.54) is 25.0 Å². The molecule has 1 rings (SSSR count). The maximum Gasteiger partial charge on any atom is 0.105 e. The molecule has 3 nitrogen and oxygen atoms in total. The van der Waals surface area contributed by atoms with Crippen molar-refractivity contribution in [1.29, 1.82) is 0 Å². The molecule has 0 aliphatic rings. The first-order valence-electron chi connectivity index (χ1n) is 6.86. The first kappa shape index (κ1) is 14.2. The van der Waals surface area contributed by atoms with E-state index in [2.05, 4.69) is 42.6 Å². The molecular formula is C14H27N3. The van der Waals surface area contributed by atoms with Gasteiger partial charge in [0.05, 0.1) is 5.69 Å². The van der Waals surface area contributed by atoms with Gasteiger partial charge in [-0.1, -0.05) is 33.6 Å². The minimum Gasteiger partial charge on any atom is -0.331 e. The second-order valence-corrected chi connectivity index (χ2v) is 5.18. The smallest absolute Gasteiger partial charge is 0.105 e. The molecule has 3 heteroatoms. The average molecular weight is 237 g/mol. The number of nitrogens with one attached hydrogen (secondary N) is 1. The lowest BCUT2D eigenvalue weighted by atomic mass is 10.2. The molecule has 0 aliphatic heterocycles. The van der Waals surface area contributed by atoms with Crippen LogP contribution in [0.4, 0.5) is 0 Å². The van der Waals surface area contributed by atoms with E-state index in [0.717, 1.165) is 25.5 Å². The molecular weight excluding hydrogens is 210 g/mol. The molecule has 0 fully saturated rings. The minimum atomic E-state index is 0.701. The van der Waals surface area contributed by atoms with Gasteiger partial charge >= 0.3 is 0 Å². The standard InChI is InChI=1S/C14H27N3/c1-5-6-7-8-17-13(4)16-11-14(17)10-15-9-12(2)3/h11-12,15H,5-10H2,1-4H3. The van der Waals surface area contributed by atoms with Crippen molar-refractivity contribution in [3.05, 3.63) is 17.7 Å². The summed E-state index contributed by atoms with van der Waals surface area (Å²) in [6.07, 6.45) is 5.84. The molecule has 1 aromatic heterocycles. The molecule has 1 N–H and O–H groups in total. The van der Waals surface area contributed by atoms with E-state index in [1.54, 1.807) is 0 Å². The second-order valence-electron chi connectivity index (χ2n) is 5.18. The van der Waals surface area contributed by atoms with Crippen molar-refractivity contribution in [3.8, 4) is 0 Å². The predicted octanol–water partition coefficient (Wildman–Crippen LogP) is 3.13. The Hall–Kier alpha value is -0.830. The van der Waals surface area contributed by atoms with E-state index in [0.29, 0.717) is 5.92 Å². The molecule has 0 radical (unpaired) electrons. The van der Waals surface area contributed by atoms with Gasteiger partial charge in [-0.05, 0) is 25.8 Å². The maximum absolute atomic E-state index is 4.42. The molecule has 0 amide bonds. The number of rotatable bonds is 8. The van der Waals surface area contributed by atoms with Crippen LogP contribution < -0.4 is 5.32 Å². The van der Waals surface area contributed by atoms with Crippen LogP contribution in [0.5, 0.6) is 0 Å². The van der Waals surface area contributed by atoms with Gasteiger partial charge in [0.15, 0.2) is 0 Å². The number of aromatic nitrogens is 2. The summed E-state index contributed by atoms with van der Waals surface area (Å²) in [6.45, 7) is 11.9. The Morgan fingerprint density at radius 2 is 2.12 bits per heavy atom. The van der Waals surface area contributed by atoms with Crippen LogP contribution in [0.3, 0.4) is 0 Å². The van der Waals surface area contributed by atoms with Gasteiger partial charge in [-0.25, -0.2) is 4.98 Å². The summed E-state index contributed by atoms with van der Waals surface area (Å²) in [7, 11) is 0. The molecule has 0 aliphatic carbocycles. The van der Waals surface area contributed by atoms with Crippen molar-refractivity contribution in [2.45, 2.75) is 60.0 Å². The Morgan fingerprint density at radius 3 is 2.76 bits per heavy atom. The summed E-state index contributed by atoms with van der Waals surface area (Å²) in [6, 6.07) is 0. The van der Waals surface area contributed by atoms with Crippen molar-refractivity contribution < 1.29 is 0 Å². The highest BCUT2D eigenvalue weighted by molar-refractivity contribution is 5.04. The van der Waals surface area contributed by atoms with E-state index >= 15 is 0 Å². The van der Waals surface area contributed by atoms with Crippen molar-refractivity contribution in [1.82, 2.24) is 14.9 Å². The number of unbranched alkanes of at least 4 members (excludes halogenated alkanes) is 2. The van der Waals surface area contributed by atoms with E-state index in [1.807, 2.05) is 6.20 Å². The summed E-state index contributed by atoms with van der Waals surface area (Å²) in [5, 5.41) is 3.48. The first-order valence-corrected chi connectivity index (χ1v) is 6.86. The van der Waals surface area contributed by atoms with Gasteiger partial charge in [-0.15, -0.1) is 0 Å². The van der Waals surface area contributed by atoms with Crippen LogP contribution in [0, 0.1) is 12.8 Å². The zero-order valence-corrected chi connectivity index (χ0v) is 11.8. The summed E-state index contributed by atoms with van der Waals surface area (Å²) in [5.74, 6) is 1.84. The fourth-order valence-corrected chi connectivity index (χ4v) is 1.97. The van der Waals surface area contributed by atoms with E-state index in [-0.39, 0.29) is 0 Å². The van der Waals surface area contributed by atoms with Gasteiger partial charge in [0.25, 0.3) is 0 Å². The van der Waals surface area contributed by atoms with Gasteiger partial charge in [-0.2, -0.15) is 0 Å². The fraction of sp³-hybridized carbons (Fsp3) is 0.786. The van der Waals surface area contributed by atoms with Crippen LogP contribution in [0.2, 0.25) is 0 Å². The molecule has 0 atom stereocenters. The van der Waals surface area contributed by atoms with Crippen LogP contribution in [0.15, 0.2) is 6.20 Å². The highest BCUT2D eigenvalue weighted by atomic mass is 15.1. The third-order valence-corrected chi connectivity index (χ3v) is 2.98. The molecule has 1 heterocycles. The summed E-state index contributed by atoms with van der Waals surface area (Å²) in [5.41, 5.74) is 1.32. The number of hydrogen-bond acceptors (Lipinski definition) is 2. The zero-order valence-electron chi connectivity index (χ0n) is 11.8. The Morgan fingerprint density at radius 1 is 1.35 bits per heavy atom. The Labute approximate surface area is 106 Å². The van der Waals surface area contributed by atoms with Crippen molar-refractivity contribution in [2.75, 3.05) is 6.54 Å². The summed E-state index contributed by atoms with van der Waals surface area (Å²) in [4.78, 5) is 4.42. The van der Waals surface area contributed by atoms with Crippen LogP contribution in [0.25, 0.3) is 0 Å². The average Bonchev–Trinajstić information content (AvgIpc) is 2.61.